The molecule has 0 unspecified atom stereocenters. The quantitative estimate of drug-likeness (QED) is 0.678. The second-order valence-corrected chi connectivity index (χ2v) is 5.70. The van der Waals surface area contributed by atoms with Gasteiger partial charge in [-0.05, 0) is 50.1 Å². The molecule has 0 amide bonds. The number of carboxylic acid groups (broad SMARTS) is 1. The highest BCUT2D eigenvalue weighted by Gasteiger charge is 2.27. The molecule has 0 spiro atoms. The van der Waals surface area contributed by atoms with Gasteiger partial charge in [0.05, 0.1) is 12.7 Å². The van der Waals surface area contributed by atoms with Crippen LogP contribution in [0.1, 0.15) is 26.3 Å². The minimum atomic E-state index is -0.957. The standard InChI is InChI=1S/C18H20O4/c1-12(10-16(19)20)8-9-13-11-18(2,3)22-15-7-5-6-14(21-4)17(13)15/h5-11H,1-4H3,(H,19,20)/b9-8+,12-10+. The zero-order valence-electron chi connectivity index (χ0n) is 13.2. The average Bonchev–Trinajstić information content (AvgIpc) is 2.42. The molecule has 1 heterocycles. The number of allylic oxidation sites excluding steroid dienone is 4. The Balaban J connectivity index is 2.48. The molecule has 2 rings (SSSR count). The predicted octanol–water partition coefficient (Wildman–Crippen LogP) is 3.84. The van der Waals surface area contributed by atoms with Crippen molar-refractivity contribution in [2.45, 2.75) is 26.4 Å². The molecule has 0 radical (unpaired) electrons. The van der Waals surface area contributed by atoms with Crippen molar-refractivity contribution in [2.24, 2.45) is 0 Å². The summed E-state index contributed by atoms with van der Waals surface area (Å²) in [7, 11) is 1.62. The second kappa shape index (κ2) is 6.10. The first-order chi connectivity index (χ1) is 10.3. The molecule has 4 heteroatoms. The van der Waals surface area contributed by atoms with Gasteiger partial charge in [-0.2, -0.15) is 0 Å². The second-order valence-electron chi connectivity index (χ2n) is 5.70. The summed E-state index contributed by atoms with van der Waals surface area (Å²) in [6.45, 7) is 5.70. The van der Waals surface area contributed by atoms with E-state index >= 15 is 0 Å². The van der Waals surface area contributed by atoms with Gasteiger partial charge in [0, 0.05) is 6.08 Å². The van der Waals surface area contributed by atoms with Crippen LogP contribution >= 0.6 is 0 Å². The maximum atomic E-state index is 10.7. The zero-order chi connectivity index (χ0) is 16.3. The van der Waals surface area contributed by atoms with E-state index in [1.54, 1.807) is 20.1 Å². The molecule has 0 saturated carbocycles. The smallest absolute Gasteiger partial charge is 0.328 e. The van der Waals surface area contributed by atoms with Crippen LogP contribution in [0, 0.1) is 0 Å². The van der Waals surface area contributed by atoms with Crippen LogP contribution in [0.15, 0.2) is 48.1 Å². The van der Waals surface area contributed by atoms with E-state index in [-0.39, 0.29) is 0 Å². The number of fused-ring (bicyclic) bond motifs is 1. The van der Waals surface area contributed by atoms with E-state index in [2.05, 4.69) is 0 Å². The molecule has 0 aromatic heterocycles. The van der Waals surface area contributed by atoms with Crippen molar-refractivity contribution in [3.05, 3.63) is 53.6 Å². The lowest BCUT2D eigenvalue weighted by Gasteiger charge is -2.31. The van der Waals surface area contributed by atoms with E-state index < -0.39 is 11.6 Å². The van der Waals surface area contributed by atoms with Gasteiger partial charge in [-0.1, -0.05) is 18.2 Å². The molecule has 1 N–H and O–H groups in total. The molecule has 0 aliphatic carbocycles. The number of benzene rings is 1. The number of hydrogen-bond donors (Lipinski definition) is 1. The molecule has 22 heavy (non-hydrogen) atoms. The lowest BCUT2D eigenvalue weighted by Crippen LogP contribution is -2.28. The molecule has 4 nitrogen and oxygen atoms in total. The molecule has 1 aliphatic heterocycles. The molecular formula is C18H20O4. The summed E-state index contributed by atoms with van der Waals surface area (Å²) in [5.74, 6) is 0.525. The maximum Gasteiger partial charge on any atom is 0.328 e. The summed E-state index contributed by atoms with van der Waals surface area (Å²) in [6, 6.07) is 5.67. The molecular weight excluding hydrogens is 280 g/mol. The Morgan fingerprint density at radius 2 is 2.09 bits per heavy atom. The third-order valence-corrected chi connectivity index (χ3v) is 3.25. The van der Waals surface area contributed by atoms with Crippen LogP contribution in [0.25, 0.3) is 5.57 Å². The Labute approximate surface area is 130 Å². The number of ether oxygens (including phenoxy) is 2. The monoisotopic (exact) mass is 300 g/mol. The zero-order valence-corrected chi connectivity index (χ0v) is 13.2. The van der Waals surface area contributed by atoms with Gasteiger partial charge >= 0.3 is 5.97 Å². The first kappa shape index (κ1) is 15.9. The van der Waals surface area contributed by atoms with E-state index in [0.29, 0.717) is 5.57 Å². The van der Waals surface area contributed by atoms with Crippen LogP contribution < -0.4 is 9.47 Å². The highest BCUT2D eigenvalue weighted by Crippen LogP contribution is 2.42. The van der Waals surface area contributed by atoms with E-state index in [4.69, 9.17) is 14.6 Å². The summed E-state index contributed by atoms with van der Waals surface area (Å²) < 4.78 is 11.4. The Kier molecular flexibility index (Phi) is 4.40. The average molecular weight is 300 g/mol. The summed E-state index contributed by atoms with van der Waals surface area (Å²) in [6.07, 6.45) is 6.84. The highest BCUT2D eigenvalue weighted by molar-refractivity contribution is 5.85. The third-order valence-electron chi connectivity index (χ3n) is 3.25. The minimum absolute atomic E-state index is 0.441. The van der Waals surface area contributed by atoms with Gasteiger partial charge in [0.15, 0.2) is 0 Å². The first-order valence-electron chi connectivity index (χ1n) is 7.01. The molecule has 0 fully saturated rings. The van der Waals surface area contributed by atoms with Gasteiger partial charge in [0.1, 0.15) is 17.1 Å². The summed E-state index contributed by atoms with van der Waals surface area (Å²) in [5, 5.41) is 8.78. The van der Waals surface area contributed by atoms with Crippen molar-refractivity contribution in [3.8, 4) is 11.5 Å². The number of carbonyl (C=O) groups is 1. The molecule has 1 aromatic rings. The summed E-state index contributed by atoms with van der Waals surface area (Å²) in [4.78, 5) is 10.7. The first-order valence-corrected chi connectivity index (χ1v) is 7.01. The van der Waals surface area contributed by atoms with Crippen molar-refractivity contribution in [2.75, 3.05) is 7.11 Å². The third kappa shape index (κ3) is 3.58. The molecule has 1 aromatic carbocycles. The molecule has 0 atom stereocenters. The van der Waals surface area contributed by atoms with Crippen molar-refractivity contribution >= 4 is 11.5 Å². The fraction of sp³-hybridized carbons (Fsp3) is 0.278. The van der Waals surface area contributed by atoms with E-state index in [0.717, 1.165) is 22.6 Å². The highest BCUT2D eigenvalue weighted by atomic mass is 16.5. The topological polar surface area (TPSA) is 55.8 Å². The predicted molar refractivity (Wildman–Crippen MR) is 86.2 cm³/mol. The van der Waals surface area contributed by atoms with Crippen LogP contribution in [0.2, 0.25) is 0 Å². The maximum absolute atomic E-state index is 10.7. The fourth-order valence-electron chi connectivity index (χ4n) is 2.41. The van der Waals surface area contributed by atoms with Crippen LogP contribution in [0.5, 0.6) is 11.5 Å². The lowest BCUT2D eigenvalue weighted by molar-refractivity contribution is -0.131. The SMILES string of the molecule is COc1cccc2c1C(/C=C/C(C)=C/C(=O)O)=CC(C)(C)O2. The van der Waals surface area contributed by atoms with Gasteiger partial charge in [0.2, 0.25) is 0 Å². The number of rotatable bonds is 4. The summed E-state index contributed by atoms with van der Waals surface area (Å²) in [5.41, 5.74) is 2.04. The summed E-state index contributed by atoms with van der Waals surface area (Å²) >= 11 is 0. The van der Waals surface area contributed by atoms with E-state index in [1.807, 2.05) is 44.2 Å². The van der Waals surface area contributed by atoms with Gasteiger partial charge in [-0.15, -0.1) is 0 Å². The number of hydrogen-bond acceptors (Lipinski definition) is 3. The Bertz CT molecular complexity index is 678. The Hall–Kier alpha value is -2.49. The largest absolute Gasteiger partial charge is 0.496 e. The number of aliphatic carboxylic acids is 1. The molecule has 0 bridgehead atoms. The fourth-order valence-corrected chi connectivity index (χ4v) is 2.41. The van der Waals surface area contributed by atoms with Gasteiger partial charge in [-0.3, -0.25) is 0 Å². The van der Waals surface area contributed by atoms with Crippen LogP contribution in [0.3, 0.4) is 0 Å². The van der Waals surface area contributed by atoms with Gasteiger partial charge in [0.25, 0.3) is 0 Å². The van der Waals surface area contributed by atoms with Crippen molar-refractivity contribution in [1.29, 1.82) is 0 Å². The van der Waals surface area contributed by atoms with Gasteiger partial charge < -0.3 is 14.6 Å². The Morgan fingerprint density at radius 3 is 2.73 bits per heavy atom. The van der Waals surface area contributed by atoms with E-state index in [1.165, 1.54) is 6.08 Å². The Morgan fingerprint density at radius 1 is 1.36 bits per heavy atom. The van der Waals surface area contributed by atoms with E-state index in [9.17, 15) is 4.79 Å². The van der Waals surface area contributed by atoms with Crippen LogP contribution in [0.4, 0.5) is 0 Å². The molecule has 1 aliphatic rings. The lowest BCUT2D eigenvalue weighted by atomic mass is 9.93. The van der Waals surface area contributed by atoms with Crippen molar-refractivity contribution in [3.63, 3.8) is 0 Å². The van der Waals surface area contributed by atoms with Crippen LogP contribution in [-0.2, 0) is 4.79 Å². The molecule has 116 valence electrons. The van der Waals surface area contributed by atoms with Crippen molar-refractivity contribution < 1.29 is 19.4 Å². The number of carboxylic acids is 1. The van der Waals surface area contributed by atoms with Crippen molar-refractivity contribution in [1.82, 2.24) is 0 Å². The molecule has 0 saturated heterocycles. The minimum Gasteiger partial charge on any atom is -0.496 e. The van der Waals surface area contributed by atoms with Crippen LogP contribution in [-0.4, -0.2) is 23.8 Å². The normalized spacial score (nSPS) is 16.7. The number of methoxy groups -OCH3 is 1. The van der Waals surface area contributed by atoms with Gasteiger partial charge in [-0.25, -0.2) is 4.79 Å².